The SMILES string of the molecule is C=CC(=C)C.C=Cc1ccccc1C. The third kappa shape index (κ3) is 5.15. The normalized spacial score (nSPS) is 8.14. The lowest BCUT2D eigenvalue weighted by molar-refractivity contribution is 1.45. The van der Waals surface area contributed by atoms with Gasteiger partial charge in [0.25, 0.3) is 0 Å². The molecule has 0 spiro atoms. The van der Waals surface area contributed by atoms with Crippen LogP contribution in [0.2, 0.25) is 0 Å². The van der Waals surface area contributed by atoms with E-state index >= 15 is 0 Å². The maximum atomic E-state index is 3.69. The molecule has 0 fully saturated rings. The van der Waals surface area contributed by atoms with E-state index in [0.717, 1.165) is 5.57 Å². The topological polar surface area (TPSA) is 0 Å². The Morgan fingerprint density at radius 1 is 1.21 bits per heavy atom. The minimum absolute atomic E-state index is 1.02. The van der Waals surface area contributed by atoms with Crippen molar-refractivity contribution in [2.24, 2.45) is 0 Å². The summed E-state index contributed by atoms with van der Waals surface area (Å²) in [7, 11) is 0. The zero-order chi connectivity index (χ0) is 11.0. The van der Waals surface area contributed by atoms with Gasteiger partial charge in [-0.15, -0.1) is 0 Å². The van der Waals surface area contributed by atoms with E-state index < -0.39 is 0 Å². The van der Waals surface area contributed by atoms with Crippen molar-refractivity contribution in [3.8, 4) is 0 Å². The largest absolute Gasteiger partial charge is 0.0988 e. The molecule has 1 rings (SSSR count). The summed E-state index contributed by atoms with van der Waals surface area (Å²) in [6, 6.07) is 8.19. The third-order valence-electron chi connectivity index (χ3n) is 1.76. The molecule has 0 heterocycles. The fraction of sp³-hybridized carbons (Fsp3) is 0.143. The van der Waals surface area contributed by atoms with Gasteiger partial charge in [0.05, 0.1) is 0 Å². The van der Waals surface area contributed by atoms with Crippen molar-refractivity contribution in [1.82, 2.24) is 0 Å². The first-order chi connectivity index (χ1) is 6.61. The molecular formula is C14H18. The minimum Gasteiger partial charge on any atom is -0.0988 e. The van der Waals surface area contributed by atoms with E-state index in [9.17, 15) is 0 Å². The van der Waals surface area contributed by atoms with Gasteiger partial charge >= 0.3 is 0 Å². The molecule has 0 atom stereocenters. The third-order valence-corrected chi connectivity index (χ3v) is 1.76. The fourth-order valence-corrected chi connectivity index (χ4v) is 0.816. The molecule has 74 valence electrons. The van der Waals surface area contributed by atoms with Gasteiger partial charge in [0.1, 0.15) is 0 Å². The summed E-state index contributed by atoms with van der Waals surface area (Å²) in [4.78, 5) is 0. The van der Waals surface area contributed by atoms with Crippen LogP contribution in [0.1, 0.15) is 18.1 Å². The zero-order valence-corrected chi connectivity index (χ0v) is 9.09. The van der Waals surface area contributed by atoms with E-state index in [2.05, 4.69) is 38.8 Å². The molecule has 0 saturated carbocycles. The number of benzene rings is 1. The lowest BCUT2D eigenvalue weighted by Crippen LogP contribution is -1.75. The van der Waals surface area contributed by atoms with Crippen molar-refractivity contribution in [3.05, 3.63) is 66.8 Å². The molecule has 0 heteroatoms. The molecule has 0 saturated heterocycles. The van der Waals surface area contributed by atoms with E-state index in [0.29, 0.717) is 0 Å². The van der Waals surface area contributed by atoms with Crippen molar-refractivity contribution in [2.45, 2.75) is 13.8 Å². The Kier molecular flexibility index (Phi) is 6.13. The second kappa shape index (κ2) is 6.90. The first-order valence-electron chi connectivity index (χ1n) is 4.57. The predicted octanol–water partition coefficient (Wildman–Crippen LogP) is 4.39. The lowest BCUT2D eigenvalue weighted by Gasteiger charge is -1.95. The molecule has 0 radical (unpaired) electrons. The number of allylic oxidation sites excluding steroid dienone is 2. The minimum atomic E-state index is 1.02. The van der Waals surface area contributed by atoms with Crippen LogP contribution >= 0.6 is 0 Å². The smallest absolute Gasteiger partial charge is 0.0233 e. The molecule has 1 aromatic rings. The summed E-state index contributed by atoms with van der Waals surface area (Å²) in [6.07, 6.45) is 3.59. The van der Waals surface area contributed by atoms with Crippen LogP contribution < -0.4 is 0 Å². The Hall–Kier alpha value is -1.56. The summed E-state index contributed by atoms with van der Waals surface area (Å²) in [6.45, 7) is 14.7. The van der Waals surface area contributed by atoms with Gasteiger partial charge in [-0.05, 0) is 25.0 Å². The molecule has 0 nitrogen and oxygen atoms in total. The second-order valence-corrected chi connectivity index (χ2v) is 3.11. The Bertz CT molecular complexity index is 319. The first-order valence-corrected chi connectivity index (χ1v) is 4.57. The van der Waals surface area contributed by atoms with Crippen molar-refractivity contribution in [1.29, 1.82) is 0 Å². The summed E-state index contributed by atoms with van der Waals surface area (Å²) in [5.74, 6) is 0. The molecule has 1 aromatic carbocycles. The Labute approximate surface area is 87.3 Å². The van der Waals surface area contributed by atoms with Gasteiger partial charge in [0, 0.05) is 0 Å². The van der Waals surface area contributed by atoms with Crippen LogP contribution in [0.25, 0.3) is 6.08 Å². The van der Waals surface area contributed by atoms with Crippen LogP contribution in [0.15, 0.2) is 55.7 Å². The van der Waals surface area contributed by atoms with Crippen LogP contribution in [0.3, 0.4) is 0 Å². The van der Waals surface area contributed by atoms with Crippen LogP contribution in [0.4, 0.5) is 0 Å². The van der Waals surface area contributed by atoms with Gasteiger partial charge in [-0.2, -0.15) is 0 Å². The zero-order valence-electron chi connectivity index (χ0n) is 9.09. The molecule has 14 heavy (non-hydrogen) atoms. The number of rotatable bonds is 2. The van der Waals surface area contributed by atoms with Gasteiger partial charge in [-0.1, -0.05) is 61.7 Å². The van der Waals surface area contributed by atoms with Crippen LogP contribution in [-0.2, 0) is 0 Å². The molecule has 0 aliphatic carbocycles. The monoisotopic (exact) mass is 186 g/mol. The number of aryl methyl sites for hydroxylation is 1. The molecular weight excluding hydrogens is 168 g/mol. The summed E-state index contributed by atoms with van der Waals surface area (Å²) in [5, 5.41) is 0. The highest BCUT2D eigenvalue weighted by Crippen LogP contribution is 2.06. The van der Waals surface area contributed by atoms with Gasteiger partial charge in [-0.25, -0.2) is 0 Å². The van der Waals surface area contributed by atoms with Crippen molar-refractivity contribution < 1.29 is 0 Å². The molecule has 0 bridgehead atoms. The standard InChI is InChI=1S/C9H10.C5H8/c1-3-9-7-5-4-6-8(9)2;1-4-5(2)3/h3-7H,1H2,2H3;4H,1-2H2,3H3. The van der Waals surface area contributed by atoms with Gasteiger partial charge < -0.3 is 0 Å². The Morgan fingerprint density at radius 2 is 1.71 bits per heavy atom. The molecule has 0 aromatic heterocycles. The van der Waals surface area contributed by atoms with Crippen molar-refractivity contribution in [2.75, 3.05) is 0 Å². The van der Waals surface area contributed by atoms with Crippen molar-refractivity contribution >= 4 is 6.08 Å². The van der Waals surface area contributed by atoms with Crippen LogP contribution in [-0.4, -0.2) is 0 Å². The van der Waals surface area contributed by atoms with E-state index in [1.54, 1.807) is 6.08 Å². The van der Waals surface area contributed by atoms with E-state index in [4.69, 9.17) is 0 Å². The first kappa shape index (κ1) is 12.4. The van der Waals surface area contributed by atoms with Crippen molar-refractivity contribution in [3.63, 3.8) is 0 Å². The highest BCUT2D eigenvalue weighted by molar-refractivity contribution is 5.50. The predicted molar refractivity (Wildman–Crippen MR) is 66.3 cm³/mol. The Morgan fingerprint density at radius 3 is 2.00 bits per heavy atom. The van der Waals surface area contributed by atoms with Gasteiger partial charge in [-0.3, -0.25) is 0 Å². The Balaban J connectivity index is 0.000000292. The summed E-state index contributed by atoms with van der Waals surface area (Å²) < 4.78 is 0. The number of hydrogen-bond donors (Lipinski definition) is 0. The maximum absolute atomic E-state index is 3.69. The molecule has 0 N–H and O–H groups in total. The highest BCUT2D eigenvalue weighted by atomic mass is 13.9. The van der Waals surface area contributed by atoms with Crippen LogP contribution in [0.5, 0.6) is 0 Å². The average molecular weight is 186 g/mol. The number of hydrogen-bond acceptors (Lipinski definition) is 0. The fourth-order valence-electron chi connectivity index (χ4n) is 0.816. The second-order valence-electron chi connectivity index (χ2n) is 3.11. The molecule has 0 aliphatic rings. The highest BCUT2D eigenvalue weighted by Gasteiger charge is 1.86. The maximum Gasteiger partial charge on any atom is -0.0233 e. The van der Waals surface area contributed by atoms with E-state index in [1.807, 2.05) is 25.1 Å². The quantitative estimate of drug-likeness (QED) is 0.601. The molecule has 0 aliphatic heterocycles. The lowest BCUT2D eigenvalue weighted by atomic mass is 10.1. The van der Waals surface area contributed by atoms with E-state index in [-0.39, 0.29) is 0 Å². The van der Waals surface area contributed by atoms with Gasteiger partial charge in [0.2, 0.25) is 0 Å². The molecule has 0 amide bonds. The van der Waals surface area contributed by atoms with Crippen LogP contribution in [0, 0.1) is 6.92 Å². The summed E-state index contributed by atoms with van der Waals surface area (Å²) >= 11 is 0. The van der Waals surface area contributed by atoms with E-state index in [1.165, 1.54) is 11.1 Å². The average Bonchev–Trinajstić information content (AvgIpc) is 2.19. The van der Waals surface area contributed by atoms with Gasteiger partial charge in [0.15, 0.2) is 0 Å². The summed E-state index contributed by atoms with van der Waals surface area (Å²) in [5.41, 5.74) is 3.52. The molecule has 0 unspecified atom stereocenters.